The Balaban J connectivity index is 1.74. The molecule has 1 aromatic rings. The molecule has 1 aliphatic rings. The minimum atomic E-state index is -1.06. The van der Waals surface area contributed by atoms with E-state index in [0.29, 0.717) is 17.6 Å². The van der Waals surface area contributed by atoms with Crippen LogP contribution in [-0.2, 0) is 10.5 Å². The van der Waals surface area contributed by atoms with Crippen molar-refractivity contribution < 1.29 is 19.2 Å². The van der Waals surface area contributed by atoms with E-state index in [1.54, 1.807) is 11.8 Å². The van der Waals surface area contributed by atoms with E-state index in [1.165, 1.54) is 6.07 Å². The molecule has 0 saturated carbocycles. The van der Waals surface area contributed by atoms with Crippen LogP contribution in [0.5, 0.6) is 0 Å². The van der Waals surface area contributed by atoms with Crippen molar-refractivity contribution >= 4 is 17.7 Å². The van der Waals surface area contributed by atoms with Crippen LogP contribution in [0.1, 0.15) is 29.1 Å². The summed E-state index contributed by atoms with van der Waals surface area (Å²) in [5.41, 5.74) is -0.0345. The van der Waals surface area contributed by atoms with Gasteiger partial charge in [-0.2, -0.15) is 11.8 Å². The predicted octanol–water partition coefficient (Wildman–Crippen LogP) is 1.79. The van der Waals surface area contributed by atoms with Gasteiger partial charge in [-0.3, -0.25) is 0 Å². The second-order valence-electron chi connectivity index (χ2n) is 3.63. The highest BCUT2D eigenvalue weighted by atomic mass is 32.2. The van der Waals surface area contributed by atoms with Crippen molar-refractivity contribution in [1.82, 2.24) is 5.16 Å². The third-order valence-corrected chi connectivity index (χ3v) is 3.45. The fraction of sp³-hybridized carbons (Fsp3) is 0.600. The van der Waals surface area contributed by atoms with Crippen molar-refractivity contribution in [3.63, 3.8) is 0 Å². The van der Waals surface area contributed by atoms with E-state index >= 15 is 0 Å². The fourth-order valence-electron chi connectivity index (χ4n) is 1.55. The average Bonchev–Trinajstić information content (AvgIpc) is 2.87. The lowest BCUT2D eigenvalue weighted by Gasteiger charge is -2.06. The molecule has 1 atom stereocenters. The van der Waals surface area contributed by atoms with Crippen molar-refractivity contribution in [2.45, 2.75) is 24.7 Å². The Morgan fingerprint density at radius 2 is 2.56 bits per heavy atom. The van der Waals surface area contributed by atoms with Crippen molar-refractivity contribution in [2.24, 2.45) is 0 Å². The molecule has 6 heteroatoms. The first kappa shape index (κ1) is 11.5. The maximum atomic E-state index is 10.5. The summed E-state index contributed by atoms with van der Waals surface area (Å²) < 4.78 is 10.4. The molecule has 5 nitrogen and oxygen atoms in total. The topological polar surface area (TPSA) is 72.6 Å². The van der Waals surface area contributed by atoms with Gasteiger partial charge >= 0.3 is 5.97 Å². The third kappa shape index (κ3) is 2.99. The Kier molecular flexibility index (Phi) is 3.84. The molecular weight excluding hydrogens is 230 g/mol. The highest BCUT2D eigenvalue weighted by Gasteiger charge is 2.16. The Morgan fingerprint density at radius 1 is 1.69 bits per heavy atom. The number of hydrogen-bond acceptors (Lipinski definition) is 5. The molecule has 1 aliphatic heterocycles. The van der Waals surface area contributed by atoms with Crippen LogP contribution in [0, 0.1) is 0 Å². The highest BCUT2D eigenvalue weighted by Crippen LogP contribution is 2.20. The summed E-state index contributed by atoms with van der Waals surface area (Å²) in [4.78, 5) is 10.5. The largest absolute Gasteiger partial charge is 0.476 e. The summed E-state index contributed by atoms with van der Waals surface area (Å²) >= 11 is 1.68. The molecule has 16 heavy (non-hydrogen) atoms. The molecule has 2 rings (SSSR count). The first-order valence-corrected chi connectivity index (χ1v) is 6.29. The fourth-order valence-corrected chi connectivity index (χ4v) is 2.53. The number of carbonyl (C=O) groups is 1. The second-order valence-corrected chi connectivity index (χ2v) is 4.66. The number of carboxylic acids is 1. The average molecular weight is 243 g/mol. The molecule has 0 aliphatic carbocycles. The first-order valence-electron chi connectivity index (χ1n) is 5.14. The summed E-state index contributed by atoms with van der Waals surface area (Å²) in [6, 6.07) is 1.46. The molecular formula is C10H13NO4S. The van der Waals surface area contributed by atoms with E-state index in [-0.39, 0.29) is 5.69 Å². The maximum absolute atomic E-state index is 10.5. The van der Waals surface area contributed by atoms with Gasteiger partial charge in [0, 0.05) is 18.4 Å². The number of nitrogens with zero attached hydrogens (tertiary/aromatic N) is 1. The van der Waals surface area contributed by atoms with Gasteiger partial charge < -0.3 is 14.4 Å². The molecule has 1 N–H and O–H groups in total. The normalized spacial score (nSPS) is 20.1. The standard InChI is InChI=1S/C10H13NO4S/c12-10(13)9-4-8(15-11-9)6-16-5-7-2-1-3-14-7/h4,7H,1-3,5-6H2,(H,12,13). The van der Waals surface area contributed by atoms with Gasteiger partial charge in [0.2, 0.25) is 0 Å². The van der Waals surface area contributed by atoms with Crippen molar-refractivity contribution in [1.29, 1.82) is 0 Å². The number of carboxylic acid groups (broad SMARTS) is 1. The highest BCUT2D eigenvalue weighted by molar-refractivity contribution is 7.98. The molecule has 0 aromatic carbocycles. The minimum absolute atomic E-state index is 0.0345. The Hall–Kier alpha value is -1.01. The monoisotopic (exact) mass is 243 g/mol. The zero-order valence-corrected chi connectivity index (χ0v) is 9.53. The summed E-state index contributed by atoms with van der Waals surface area (Å²) in [6.45, 7) is 0.858. The van der Waals surface area contributed by atoms with E-state index in [1.807, 2.05) is 0 Å². The summed E-state index contributed by atoms with van der Waals surface area (Å²) in [5.74, 6) is 1.10. The number of ether oxygens (including phenoxy) is 1. The molecule has 0 radical (unpaired) electrons. The first-order chi connectivity index (χ1) is 7.75. The number of aromatic nitrogens is 1. The zero-order chi connectivity index (χ0) is 11.4. The molecule has 0 spiro atoms. The molecule has 0 bridgehead atoms. The van der Waals surface area contributed by atoms with E-state index in [9.17, 15) is 4.79 Å². The minimum Gasteiger partial charge on any atom is -0.476 e. The van der Waals surface area contributed by atoms with Crippen LogP contribution in [0.2, 0.25) is 0 Å². The van der Waals surface area contributed by atoms with Crippen LogP contribution in [-0.4, -0.2) is 34.7 Å². The van der Waals surface area contributed by atoms with E-state index in [4.69, 9.17) is 14.4 Å². The van der Waals surface area contributed by atoms with Gasteiger partial charge in [0.25, 0.3) is 0 Å². The number of rotatable bonds is 5. The van der Waals surface area contributed by atoms with Crippen molar-refractivity contribution in [3.8, 4) is 0 Å². The van der Waals surface area contributed by atoms with Crippen LogP contribution in [0.3, 0.4) is 0 Å². The number of hydrogen-bond donors (Lipinski definition) is 1. The molecule has 2 heterocycles. The van der Waals surface area contributed by atoms with E-state index in [0.717, 1.165) is 25.2 Å². The smallest absolute Gasteiger partial charge is 0.358 e. The quantitative estimate of drug-likeness (QED) is 0.849. The van der Waals surface area contributed by atoms with E-state index in [2.05, 4.69) is 5.16 Å². The van der Waals surface area contributed by atoms with Gasteiger partial charge in [0.1, 0.15) is 5.76 Å². The van der Waals surface area contributed by atoms with Gasteiger partial charge in [-0.1, -0.05) is 5.16 Å². The SMILES string of the molecule is O=C(O)c1cc(CSCC2CCCO2)on1. The summed E-state index contributed by atoms with van der Waals surface area (Å²) in [6.07, 6.45) is 2.59. The molecule has 1 unspecified atom stereocenters. The summed E-state index contributed by atoms with van der Waals surface area (Å²) in [5, 5.41) is 12.1. The van der Waals surface area contributed by atoms with Crippen LogP contribution < -0.4 is 0 Å². The molecule has 1 saturated heterocycles. The summed E-state index contributed by atoms with van der Waals surface area (Å²) in [7, 11) is 0. The zero-order valence-electron chi connectivity index (χ0n) is 8.72. The molecule has 88 valence electrons. The number of aromatic carboxylic acids is 1. The van der Waals surface area contributed by atoms with Crippen molar-refractivity contribution in [3.05, 3.63) is 17.5 Å². The van der Waals surface area contributed by atoms with Crippen LogP contribution >= 0.6 is 11.8 Å². The lowest BCUT2D eigenvalue weighted by atomic mass is 10.3. The lowest BCUT2D eigenvalue weighted by molar-refractivity contribution is 0.0685. The molecule has 0 amide bonds. The van der Waals surface area contributed by atoms with Crippen LogP contribution in [0.15, 0.2) is 10.6 Å². The van der Waals surface area contributed by atoms with Crippen LogP contribution in [0.25, 0.3) is 0 Å². The second kappa shape index (κ2) is 5.36. The van der Waals surface area contributed by atoms with Gasteiger partial charge in [0.15, 0.2) is 5.69 Å². The van der Waals surface area contributed by atoms with Gasteiger partial charge in [-0.25, -0.2) is 4.79 Å². The van der Waals surface area contributed by atoms with Crippen molar-refractivity contribution in [2.75, 3.05) is 12.4 Å². The Bertz CT molecular complexity index is 359. The molecule has 1 fully saturated rings. The van der Waals surface area contributed by atoms with Gasteiger partial charge in [-0.05, 0) is 12.8 Å². The van der Waals surface area contributed by atoms with Crippen LogP contribution in [0.4, 0.5) is 0 Å². The van der Waals surface area contributed by atoms with Gasteiger partial charge in [-0.15, -0.1) is 0 Å². The molecule has 1 aromatic heterocycles. The van der Waals surface area contributed by atoms with E-state index < -0.39 is 5.97 Å². The third-order valence-electron chi connectivity index (χ3n) is 2.35. The maximum Gasteiger partial charge on any atom is 0.358 e. The van der Waals surface area contributed by atoms with Gasteiger partial charge in [0.05, 0.1) is 11.9 Å². The Labute approximate surface area is 97.1 Å². The Morgan fingerprint density at radius 3 is 3.19 bits per heavy atom. The lowest BCUT2D eigenvalue weighted by Crippen LogP contribution is -2.07. The number of thioether (sulfide) groups is 1. The predicted molar refractivity (Wildman–Crippen MR) is 58.6 cm³/mol.